The lowest BCUT2D eigenvalue weighted by molar-refractivity contribution is -0.116. The summed E-state index contributed by atoms with van der Waals surface area (Å²) in [5.74, 6) is -0.955. The first-order chi connectivity index (χ1) is 13.0. The highest BCUT2D eigenvalue weighted by Crippen LogP contribution is 2.10. The van der Waals surface area contributed by atoms with E-state index < -0.39 is 11.8 Å². The largest absolute Gasteiger partial charge is 0.326 e. The van der Waals surface area contributed by atoms with Gasteiger partial charge in [0.05, 0.1) is 0 Å². The lowest BCUT2D eigenvalue weighted by atomic mass is 10.2. The van der Waals surface area contributed by atoms with Gasteiger partial charge in [-0.1, -0.05) is 13.0 Å². The Morgan fingerprint density at radius 3 is 2.48 bits per heavy atom. The van der Waals surface area contributed by atoms with E-state index in [1.165, 1.54) is 17.4 Å². The summed E-state index contributed by atoms with van der Waals surface area (Å²) in [5, 5.41) is 6.99. The van der Waals surface area contributed by atoms with Crippen molar-refractivity contribution in [3.05, 3.63) is 58.3 Å². The van der Waals surface area contributed by atoms with E-state index in [0.717, 1.165) is 4.88 Å². The molecule has 1 aromatic carbocycles. The van der Waals surface area contributed by atoms with Crippen LogP contribution >= 0.6 is 23.6 Å². The van der Waals surface area contributed by atoms with Crippen LogP contribution < -0.4 is 21.5 Å². The van der Waals surface area contributed by atoms with Gasteiger partial charge >= 0.3 is 0 Å². The number of rotatable bonds is 5. The molecule has 0 saturated carbocycles. The minimum atomic E-state index is -0.436. The van der Waals surface area contributed by atoms with Crippen LogP contribution in [0.15, 0.2) is 47.9 Å². The molecular formula is C18H18N4O3S2. The Balaban J connectivity index is 1.78. The van der Waals surface area contributed by atoms with Crippen LogP contribution in [0.2, 0.25) is 0 Å². The number of hydrazine groups is 1. The van der Waals surface area contributed by atoms with Crippen molar-refractivity contribution < 1.29 is 14.4 Å². The summed E-state index contributed by atoms with van der Waals surface area (Å²) in [6, 6.07) is 10.1. The van der Waals surface area contributed by atoms with Crippen molar-refractivity contribution in [3.63, 3.8) is 0 Å². The molecule has 0 aliphatic carbocycles. The second kappa shape index (κ2) is 10.2. The molecule has 27 heavy (non-hydrogen) atoms. The maximum atomic E-state index is 12.1. The summed E-state index contributed by atoms with van der Waals surface area (Å²) in [6.07, 6.45) is 3.39. The molecule has 0 radical (unpaired) electrons. The normalized spacial score (nSPS) is 10.3. The van der Waals surface area contributed by atoms with E-state index in [2.05, 4.69) is 21.5 Å². The molecule has 0 spiro atoms. The van der Waals surface area contributed by atoms with Gasteiger partial charge < -0.3 is 5.32 Å². The van der Waals surface area contributed by atoms with E-state index in [9.17, 15) is 14.4 Å². The Hall–Kier alpha value is -3.04. The first kappa shape index (κ1) is 20.3. The Labute approximate surface area is 165 Å². The molecule has 7 nitrogen and oxygen atoms in total. The molecule has 0 aliphatic heterocycles. The molecule has 0 unspecified atom stereocenters. The fraction of sp³-hybridized carbons (Fsp3) is 0.111. The van der Waals surface area contributed by atoms with Crippen molar-refractivity contribution in [2.75, 3.05) is 5.32 Å². The number of hydrogen-bond donors (Lipinski definition) is 4. The number of hydrogen-bond acceptors (Lipinski definition) is 5. The first-order valence-corrected chi connectivity index (χ1v) is 9.29. The zero-order valence-corrected chi connectivity index (χ0v) is 16.1. The van der Waals surface area contributed by atoms with Crippen LogP contribution in [0.1, 0.15) is 28.6 Å². The number of carbonyl (C=O) groups is 3. The summed E-state index contributed by atoms with van der Waals surface area (Å²) in [4.78, 5) is 36.1. The second-order valence-electron chi connectivity index (χ2n) is 5.23. The average Bonchev–Trinajstić information content (AvgIpc) is 3.18. The van der Waals surface area contributed by atoms with Gasteiger partial charge in [-0.15, -0.1) is 11.3 Å². The van der Waals surface area contributed by atoms with Gasteiger partial charge in [0, 0.05) is 28.6 Å². The van der Waals surface area contributed by atoms with E-state index in [0.29, 0.717) is 17.7 Å². The van der Waals surface area contributed by atoms with Crippen molar-refractivity contribution >= 4 is 58.2 Å². The number of amides is 3. The second-order valence-corrected chi connectivity index (χ2v) is 6.61. The minimum Gasteiger partial charge on any atom is -0.326 e. The third-order valence-electron chi connectivity index (χ3n) is 3.22. The molecule has 140 valence electrons. The van der Waals surface area contributed by atoms with E-state index >= 15 is 0 Å². The van der Waals surface area contributed by atoms with E-state index in [-0.39, 0.29) is 11.0 Å². The number of benzene rings is 1. The number of thiophene rings is 1. The van der Waals surface area contributed by atoms with E-state index in [1.54, 1.807) is 37.3 Å². The molecule has 0 aliphatic rings. The Bertz CT molecular complexity index is 846. The van der Waals surface area contributed by atoms with Crippen LogP contribution in [-0.4, -0.2) is 22.8 Å². The lowest BCUT2D eigenvalue weighted by Gasteiger charge is -2.10. The molecule has 1 heterocycles. The molecule has 0 fully saturated rings. The molecule has 4 N–H and O–H groups in total. The van der Waals surface area contributed by atoms with Gasteiger partial charge in [-0.25, -0.2) is 0 Å². The molecule has 2 aromatic rings. The van der Waals surface area contributed by atoms with Crippen molar-refractivity contribution in [1.29, 1.82) is 0 Å². The molecule has 0 atom stereocenters. The molecule has 2 rings (SSSR count). The predicted molar refractivity (Wildman–Crippen MR) is 110 cm³/mol. The van der Waals surface area contributed by atoms with Crippen LogP contribution in [0.5, 0.6) is 0 Å². The standard InChI is InChI=1S/C18H18N4O3S2/c1-2-15(23)19-13-7-5-12(6-8-13)17(25)21-22-18(26)20-16(24)10-9-14-4-3-11-27-14/h3-11H,2H2,1H3,(H,19,23)(H,21,25)(H2,20,22,24,26)/b10-9+. The van der Waals surface area contributed by atoms with Gasteiger partial charge in [0.2, 0.25) is 11.8 Å². The third kappa shape index (κ3) is 7.00. The van der Waals surface area contributed by atoms with Gasteiger partial charge in [-0.2, -0.15) is 0 Å². The molecule has 1 aromatic heterocycles. The number of anilines is 1. The average molecular weight is 403 g/mol. The molecule has 9 heteroatoms. The fourth-order valence-electron chi connectivity index (χ4n) is 1.87. The van der Waals surface area contributed by atoms with Gasteiger partial charge in [-0.05, 0) is 54.0 Å². The minimum absolute atomic E-state index is 0.0315. The van der Waals surface area contributed by atoms with Crippen molar-refractivity contribution in [1.82, 2.24) is 16.2 Å². The van der Waals surface area contributed by atoms with Crippen LogP contribution in [0.25, 0.3) is 6.08 Å². The fourth-order valence-corrected chi connectivity index (χ4v) is 2.64. The van der Waals surface area contributed by atoms with Gasteiger partial charge in [0.1, 0.15) is 0 Å². The smallest absolute Gasteiger partial charge is 0.269 e. The zero-order valence-electron chi connectivity index (χ0n) is 14.4. The summed E-state index contributed by atoms with van der Waals surface area (Å²) < 4.78 is 0. The quantitative estimate of drug-likeness (QED) is 0.350. The molecule has 0 saturated heterocycles. The summed E-state index contributed by atoms with van der Waals surface area (Å²) in [6.45, 7) is 1.75. The first-order valence-electron chi connectivity index (χ1n) is 8.00. The predicted octanol–water partition coefficient (Wildman–Crippen LogP) is 2.45. The summed E-state index contributed by atoms with van der Waals surface area (Å²) >= 11 is 6.46. The zero-order chi connectivity index (χ0) is 19.6. The molecule has 3 amide bonds. The SMILES string of the molecule is CCC(=O)Nc1ccc(C(=O)NNC(=S)NC(=O)/C=C/c2cccs2)cc1. The van der Waals surface area contributed by atoms with Gasteiger partial charge in [0.25, 0.3) is 5.91 Å². The van der Waals surface area contributed by atoms with Gasteiger partial charge in [-0.3, -0.25) is 30.6 Å². The Kier molecular flexibility index (Phi) is 7.65. The Morgan fingerprint density at radius 2 is 1.85 bits per heavy atom. The van der Waals surface area contributed by atoms with Crippen molar-refractivity contribution in [2.24, 2.45) is 0 Å². The van der Waals surface area contributed by atoms with Crippen LogP contribution in [0.3, 0.4) is 0 Å². The number of thiocarbonyl (C=S) groups is 1. The highest BCUT2D eigenvalue weighted by atomic mass is 32.1. The lowest BCUT2D eigenvalue weighted by Crippen LogP contribution is -2.48. The maximum Gasteiger partial charge on any atom is 0.269 e. The highest BCUT2D eigenvalue weighted by Gasteiger charge is 2.07. The highest BCUT2D eigenvalue weighted by molar-refractivity contribution is 7.80. The molecular weight excluding hydrogens is 384 g/mol. The van der Waals surface area contributed by atoms with Crippen molar-refractivity contribution in [2.45, 2.75) is 13.3 Å². The summed E-state index contributed by atoms with van der Waals surface area (Å²) in [7, 11) is 0. The van der Waals surface area contributed by atoms with E-state index in [1.807, 2.05) is 17.5 Å². The topological polar surface area (TPSA) is 99.3 Å². The van der Waals surface area contributed by atoms with Gasteiger partial charge in [0.15, 0.2) is 5.11 Å². The van der Waals surface area contributed by atoms with Crippen molar-refractivity contribution in [3.8, 4) is 0 Å². The van der Waals surface area contributed by atoms with Crippen LogP contribution in [0, 0.1) is 0 Å². The van der Waals surface area contributed by atoms with Crippen LogP contribution in [-0.2, 0) is 9.59 Å². The monoisotopic (exact) mass is 402 g/mol. The van der Waals surface area contributed by atoms with E-state index in [4.69, 9.17) is 12.2 Å². The molecule has 0 bridgehead atoms. The summed E-state index contributed by atoms with van der Waals surface area (Å²) in [5.41, 5.74) is 5.82. The Morgan fingerprint density at radius 1 is 1.11 bits per heavy atom. The number of nitrogens with one attached hydrogen (secondary N) is 4. The van der Waals surface area contributed by atoms with Crippen LogP contribution in [0.4, 0.5) is 5.69 Å². The maximum absolute atomic E-state index is 12.1. The number of carbonyl (C=O) groups excluding carboxylic acids is 3. The third-order valence-corrected chi connectivity index (χ3v) is 4.26.